The second-order valence-electron chi connectivity index (χ2n) is 4.09. The fraction of sp³-hybridized carbons (Fsp3) is 0.455. The van der Waals surface area contributed by atoms with Gasteiger partial charge in [0.2, 0.25) is 0 Å². The average molecular weight is 203 g/mol. The van der Waals surface area contributed by atoms with Crippen molar-refractivity contribution in [3.05, 3.63) is 24.5 Å². The molecule has 4 nitrogen and oxygen atoms in total. The number of aromatic nitrogens is 3. The molecule has 0 spiro atoms. The van der Waals surface area contributed by atoms with E-state index >= 15 is 0 Å². The second-order valence-corrected chi connectivity index (χ2v) is 4.09. The summed E-state index contributed by atoms with van der Waals surface area (Å²) in [5.41, 5.74) is 0.996. The van der Waals surface area contributed by atoms with Gasteiger partial charge in [-0.05, 0) is 12.8 Å². The summed E-state index contributed by atoms with van der Waals surface area (Å²) in [6.07, 6.45) is 9.26. The highest BCUT2D eigenvalue weighted by Crippen LogP contribution is 2.36. The van der Waals surface area contributed by atoms with E-state index < -0.39 is 0 Å². The van der Waals surface area contributed by atoms with E-state index in [-0.39, 0.29) is 0 Å². The Balaban J connectivity index is 1.89. The van der Waals surface area contributed by atoms with E-state index in [1.54, 1.807) is 17.1 Å². The van der Waals surface area contributed by atoms with Gasteiger partial charge in [-0.1, -0.05) is 6.42 Å². The average Bonchev–Trinajstić information content (AvgIpc) is 2.70. The number of hydrogen-bond donors (Lipinski definition) is 0. The van der Waals surface area contributed by atoms with E-state index in [0.717, 1.165) is 17.2 Å². The lowest BCUT2D eigenvalue weighted by atomic mass is 9.85. The van der Waals surface area contributed by atoms with Gasteiger partial charge in [-0.25, -0.2) is 4.98 Å². The summed E-state index contributed by atoms with van der Waals surface area (Å²) in [6, 6.07) is 0. The van der Waals surface area contributed by atoms with Crippen LogP contribution < -0.4 is 0 Å². The molecule has 0 radical (unpaired) electrons. The fourth-order valence-electron chi connectivity index (χ4n) is 1.81. The van der Waals surface area contributed by atoms with Crippen molar-refractivity contribution in [2.75, 3.05) is 0 Å². The first-order valence-corrected chi connectivity index (χ1v) is 5.27. The van der Waals surface area contributed by atoms with E-state index in [1.807, 2.05) is 13.2 Å². The normalized spacial score (nSPS) is 16.6. The van der Waals surface area contributed by atoms with Gasteiger partial charge in [0.25, 0.3) is 0 Å². The van der Waals surface area contributed by atoms with E-state index in [4.69, 9.17) is 4.42 Å². The highest BCUT2D eigenvalue weighted by atomic mass is 16.4. The first-order chi connectivity index (χ1) is 7.33. The number of aryl methyl sites for hydroxylation is 1. The smallest absolute Gasteiger partial charge is 0.198 e. The zero-order valence-electron chi connectivity index (χ0n) is 8.68. The van der Waals surface area contributed by atoms with Crippen LogP contribution in [-0.4, -0.2) is 14.8 Å². The molecule has 0 aromatic carbocycles. The van der Waals surface area contributed by atoms with Crippen LogP contribution in [0.1, 0.15) is 31.1 Å². The molecule has 0 bridgehead atoms. The minimum absolute atomic E-state index is 0.551. The van der Waals surface area contributed by atoms with Crippen LogP contribution >= 0.6 is 0 Å². The highest BCUT2D eigenvalue weighted by Gasteiger charge is 2.24. The molecule has 2 heterocycles. The highest BCUT2D eigenvalue weighted by molar-refractivity contribution is 5.53. The molecule has 2 aromatic rings. The lowest BCUT2D eigenvalue weighted by molar-refractivity contribution is 0.338. The molecule has 0 amide bonds. The topological polar surface area (TPSA) is 43.9 Å². The first-order valence-electron chi connectivity index (χ1n) is 5.27. The van der Waals surface area contributed by atoms with Gasteiger partial charge in [-0.2, -0.15) is 5.10 Å². The van der Waals surface area contributed by atoms with Crippen molar-refractivity contribution >= 4 is 0 Å². The number of rotatable bonds is 2. The Morgan fingerprint density at radius 1 is 1.40 bits per heavy atom. The van der Waals surface area contributed by atoms with E-state index in [2.05, 4.69) is 10.1 Å². The third kappa shape index (κ3) is 1.46. The largest absolute Gasteiger partial charge is 0.440 e. The summed E-state index contributed by atoms with van der Waals surface area (Å²) in [7, 11) is 1.90. The third-order valence-corrected chi connectivity index (χ3v) is 2.97. The van der Waals surface area contributed by atoms with Crippen molar-refractivity contribution in [1.82, 2.24) is 14.8 Å². The predicted molar refractivity (Wildman–Crippen MR) is 55.3 cm³/mol. The number of nitrogens with zero attached hydrogens (tertiary/aromatic N) is 3. The Kier molecular flexibility index (Phi) is 1.87. The summed E-state index contributed by atoms with van der Waals surface area (Å²) in [5.74, 6) is 2.26. The number of oxazole rings is 1. The van der Waals surface area contributed by atoms with Crippen LogP contribution in [0.4, 0.5) is 0 Å². The molecule has 1 aliphatic rings. The molecule has 3 rings (SSSR count). The van der Waals surface area contributed by atoms with Crippen LogP contribution in [0.3, 0.4) is 0 Å². The van der Waals surface area contributed by atoms with Gasteiger partial charge < -0.3 is 4.42 Å². The molecular formula is C11H13N3O. The van der Waals surface area contributed by atoms with Crippen LogP contribution in [0.15, 0.2) is 23.0 Å². The summed E-state index contributed by atoms with van der Waals surface area (Å²) < 4.78 is 7.49. The molecule has 0 N–H and O–H groups in total. The third-order valence-electron chi connectivity index (χ3n) is 2.97. The standard InChI is InChI=1S/C11H13N3O/c1-14-7-9(5-13-14)10-6-12-11(15-10)8-3-2-4-8/h5-8H,2-4H2,1H3. The zero-order valence-corrected chi connectivity index (χ0v) is 8.68. The van der Waals surface area contributed by atoms with Crippen molar-refractivity contribution in [2.45, 2.75) is 25.2 Å². The zero-order chi connectivity index (χ0) is 10.3. The van der Waals surface area contributed by atoms with Crippen molar-refractivity contribution in [1.29, 1.82) is 0 Å². The molecule has 15 heavy (non-hydrogen) atoms. The molecule has 1 aliphatic carbocycles. The maximum absolute atomic E-state index is 5.72. The van der Waals surface area contributed by atoms with Gasteiger partial charge >= 0.3 is 0 Å². The Bertz CT molecular complexity index is 468. The van der Waals surface area contributed by atoms with Gasteiger partial charge in [-0.3, -0.25) is 4.68 Å². The number of hydrogen-bond acceptors (Lipinski definition) is 3. The van der Waals surface area contributed by atoms with Crippen LogP contribution in [0.2, 0.25) is 0 Å². The predicted octanol–water partition coefficient (Wildman–Crippen LogP) is 2.34. The van der Waals surface area contributed by atoms with Crippen LogP contribution in [0, 0.1) is 0 Å². The maximum atomic E-state index is 5.72. The molecule has 1 saturated carbocycles. The van der Waals surface area contributed by atoms with Crippen molar-refractivity contribution < 1.29 is 4.42 Å². The summed E-state index contributed by atoms with van der Waals surface area (Å²) in [5, 5.41) is 4.11. The lowest BCUT2D eigenvalue weighted by Crippen LogP contribution is -2.08. The molecule has 78 valence electrons. The van der Waals surface area contributed by atoms with Gasteiger partial charge in [0.1, 0.15) is 0 Å². The summed E-state index contributed by atoms with van der Waals surface area (Å²) >= 11 is 0. The van der Waals surface area contributed by atoms with Gasteiger partial charge in [0, 0.05) is 19.2 Å². The summed E-state index contributed by atoms with van der Waals surface area (Å²) in [6.45, 7) is 0. The molecule has 0 atom stereocenters. The maximum Gasteiger partial charge on any atom is 0.198 e. The van der Waals surface area contributed by atoms with E-state index in [9.17, 15) is 0 Å². The first kappa shape index (κ1) is 8.71. The van der Waals surface area contributed by atoms with Crippen molar-refractivity contribution in [2.24, 2.45) is 7.05 Å². The van der Waals surface area contributed by atoms with E-state index in [0.29, 0.717) is 5.92 Å². The summed E-state index contributed by atoms with van der Waals surface area (Å²) in [4.78, 5) is 4.32. The van der Waals surface area contributed by atoms with Crippen molar-refractivity contribution in [3.63, 3.8) is 0 Å². The van der Waals surface area contributed by atoms with Crippen LogP contribution in [0.5, 0.6) is 0 Å². The second kappa shape index (κ2) is 3.22. The quantitative estimate of drug-likeness (QED) is 0.752. The van der Waals surface area contributed by atoms with Gasteiger partial charge in [-0.15, -0.1) is 0 Å². The molecular weight excluding hydrogens is 190 g/mol. The molecule has 2 aromatic heterocycles. The minimum atomic E-state index is 0.551. The van der Waals surface area contributed by atoms with Gasteiger partial charge in [0.15, 0.2) is 11.7 Å². The molecule has 1 fully saturated rings. The lowest BCUT2D eigenvalue weighted by Gasteiger charge is -2.21. The Morgan fingerprint density at radius 2 is 2.27 bits per heavy atom. The molecule has 0 unspecified atom stereocenters. The minimum Gasteiger partial charge on any atom is -0.440 e. The SMILES string of the molecule is Cn1cc(-c2cnc(C3CCC3)o2)cn1. The monoisotopic (exact) mass is 203 g/mol. The Morgan fingerprint density at radius 3 is 2.87 bits per heavy atom. The Labute approximate surface area is 87.9 Å². The molecule has 4 heteroatoms. The molecule has 0 aliphatic heterocycles. The van der Waals surface area contributed by atoms with Crippen molar-refractivity contribution in [3.8, 4) is 11.3 Å². The van der Waals surface area contributed by atoms with Crippen LogP contribution in [0.25, 0.3) is 11.3 Å². The van der Waals surface area contributed by atoms with Gasteiger partial charge in [0.05, 0.1) is 18.0 Å². The fourth-order valence-corrected chi connectivity index (χ4v) is 1.81. The van der Waals surface area contributed by atoms with Crippen LogP contribution in [-0.2, 0) is 7.05 Å². The Hall–Kier alpha value is -1.58. The molecule has 0 saturated heterocycles. The van der Waals surface area contributed by atoms with E-state index in [1.165, 1.54) is 19.3 Å².